The second kappa shape index (κ2) is 11.2. The monoisotopic (exact) mass is 454 g/mol. The van der Waals surface area contributed by atoms with E-state index >= 15 is 0 Å². The fraction of sp³-hybridized carbons (Fsp3) is 0.391. The summed E-state index contributed by atoms with van der Waals surface area (Å²) in [7, 11) is 0. The van der Waals surface area contributed by atoms with E-state index in [-0.39, 0.29) is 11.9 Å². The summed E-state index contributed by atoms with van der Waals surface area (Å²) in [5, 5.41) is 16.4. The summed E-state index contributed by atoms with van der Waals surface area (Å²) in [6.07, 6.45) is 1.02. The molecular formula is C23H27ClN6O2. The summed E-state index contributed by atoms with van der Waals surface area (Å²) in [6.45, 7) is 4.03. The number of carbonyl (C=O) groups excluding carboxylic acids is 1. The maximum Gasteiger partial charge on any atom is 0.220 e. The van der Waals surface area contributed by atoms with Crippen LogP contribution in [-0.4, -0.2) is 63.9 Å². The molecule has 0 aliphatic carbocycles. The minimum absolute atomic E-state index is 0.00119. The number of carbonyl (C=O) groups is 1. The Hall–Kier alpha value is -2.81. The maximum atomic E-state index is 12.5. The summed E-state index contributed by atoms with van der Waals surface area (Å²) in [4.78, 5) is 16.4. The molecule has 2 heterocycles. The summed E-state index contributed by atoms with van der Waals surface area (Å²) >= 11 is 6.46. The van der Waals surface area contributed by atoms with Gasteiger partial charge in [0, 0.05) is 36.6 Å². The lowest BCUT2D eigenvalue weighted by Gasteiger charge is -2.35. The second-order valence-electron chi connectivity index (χ2n) is 7.67. The summed E-state index contributed by atoms with van der Waals surface area (Å²) in [6, 6.07) is 17.5. The number of halogens is 1. The zero-order valence-electron chi connectivity index (χ0n) is 17.9. The largest absolute Gasteiger partial charge is 0.379 e. The van der Waals surface area contributed by atoms with Crippen LogP contribution in [0.4, 0.5) is 0 Å². The van der Waals surface area contributed by atoms with Crippen LogP contribution >= 0.6 is 11.6 Å². The molecule has 3 aromatic rings. The minimum atomic E-state index is -0.00119. The Morgan fingerprint density at radius 3 is 2.62 bits per heavy atom. The first-order valence-electron chi connectivity index (χ1n) is 10.9. The Kier molecular flexibility index (Phi) is 7.82. The van der Waals surface area contributed by atoms with Gasteiger partial charge in [-0.2, -0.15) is 4.80 Å². The van der Waals surface area contributed by atoms with Crippen molar-refractivity contribution in [2.45, 2.75) is 25.4 Å². The third kappa shape index (κ3) is 5.91. The van der Waals surface area contributed by atoms with Crippen molar-refractivity contribution in [2.75, 3.05) is 32.8 Å². The van der Waals surface area contributed by atoms with Crippen LogP contribution in [0.5, 0.6) is 0 Å². The van der Waals surface area contributed by atoms with Crippen LogP contribution < -0.4 is 5.32 Å². The van der Waals surface area contributed by atoms with Crippen LogP contribution in [0.25, 0.3) is 11.4 Å². The molecule has 1 saturated heterocycles. The van der Waals surface area contributed by atoms with Gasteiger partial charge in [0.25, 0.3) is 0 Å². The van der Waals surface area contributed by atoms with Gasteiger partial charge in [0.1, 0.15) is 0 Å². The number of ether oxygens (including phenoxy) is 1. The van der Waals surface area contributed by atoms with Crippen molar-refractivity contribution in [1.82, 2.24) is 30.4 Å². The Morgan fingerprint density at radius 2 is 1.84 bits per heavy atom. The Bertz CT molecular complexity index is 1010. The van der Waals surface area contributed by atoms with Gasteiger partial charge < -0.3 is 10.1 Å². The fourth-order valence-corrected chi connectivity index (χ4v) is 4.05. The first-order chi connectivity index (χ1) is 15.7. The van der Waals surface area contributed by atoms with E-state index in [1.165, 1.54) is 4.80 Å². The molecule has 1 unspecified atom stereocenters. The number of nitrogens with zero attached hydrogens (tertiary/aromatic N) is 5. The molecule has 0 saturated carbocycles. The van der Waals surface area contributed by atoms with Crippen LogP contribution in [0, 0.1) is 0 Å². The lowest BCUT2D eigenvalue weighted by molar-refractivity contribution is -0.121. The van der Waals surface area contributed by atoms with Crippen molar-refractivity contribution < 1.29 is 9.53 Å². The maximum absolute atomic E-state index is 12.5. The highest BCUT2D eigenvalue weighted by atomic mass is 35.5. The highest BCUT2D eigenvalue weighted by Crippen LogP contribution is 2.27. The lowest BCUT2D eigenvalue weighted by atomic mass is 10.0. The molecule has 1 atom stereocenters. The van der Waals surface area contributed by atoms with Gasteiger partial charge >= 0.3 is 0 Å². The van der Waals surface area contributed by atoms with Crippen LogP contribution in [-0.2, 0) is 16.1 Å². The van der Waals surface area contributed by atoms with Gasteiger partial charge in [-0.05, 0) is 23.3 Å². The lowest BCUT2D eigenvalue weighted by Crippen LogP contribution is -2.44. The third-order valence-electron chi connectivity index (χ3n) is 5.49. The molecule has 0 spiro atoms. The number of nitrogens with one attached hydrogen (secondary N) is 1. The number of hydrogen-bond acceptors (Lipinski definition) is 6. The summed E-state index contributed by atoms with van der Waals surface area (Å²) in [5.74, 6) is 0.585. The van der Waals surface area contributed by atoms with Crippen molar-refractivity contribution >= 4 is 17.5 Å². The molecule has 1 amide bonds. The normalized spacial score (nSPS) is 15.4. The molecule has 32 heavy (non-hydrogen) atoms. The number of amides is 1. The first-order valence-corrected chi connectivity index (χ1v) is 11.2. The van der Waals surface area contributed by atoms with E-state index in [4.69, 9.17) is 16.3 Å². The number of rotatable bonds is 9. The second-order valence-corrected chi connectivity index (χ2v) is 8.08. The average Bonchev–Trinajstić information content (AvgIpc) is 3.30. The van der Waals surface area contributed by atoms with Gasteiger partial charge in [0.15, 0.2) is 0 Å². The molecule has 168 valence electrons. The molecule has 8 nitrogen and oxygen atoms in total. The predicted octanol–water partition coefficient (Wildman–Crippen LogP) is 2.96. The number of hydrogen-bond donors (Lipinski definition) is 1. The van der Waals surface area contributed by atoms with E-state index in [1.807, 2.05) is 54.6 Å². The molecule has 2 aromatic carbocycles. The Balaban J connectivity index is 1.28. The Morgan fingerprint density at radius 1 is 1.09 bits per heavy atom. The van der Waals surface area contributed by atoms with Gasteiger partial charge in [-0.15, -0.1) is 10.2 Å². The van der Waals surface area contributed by atoms with Crippen molar-refractivity contribution in [2.24, 2.45) is 0 Å². The van der Waals surface area contributed by atoms with E-state index in [0.29, 0.717) is 50.0 Å². The molecule has 0 bridgehead atoms. The first kappa shape index (κ1) is 22.4. The quantitative estimate of drug-likeness (QED) is 0.535. The van der Waals surface area contributed by atoms with E-state index in [0.717, 1.165) is 24.2 Å². The SMILES string of the molecule is O=C(CCCn1nnc(-c2ccccc2)n1)NCC(c1ccccc1Cl)N1CCOCC1. The van der Waals surface area contributed by atoms with Gasteiger partial charge in [-0.3, -0.25) is 9.69 Å². The number of tetrazole rings is 1. The van der Waals surface area contributed by atoms with Gasteiger partial charge in [-0.1, -0.05) is 60.1 Å². The van der Waals surface area contributed by atoms with Crippen molar-refractivity contribution in [3.05, 3.63) is 65.2 Å². The third-order valence-corrected chi connectivity index (χ3v) is 5.83. The van der Waals surface area contributed by atoms with Gasteiger partial charge in [0.2, 0.25) is 11.7 Å². The Labute approximate surface area is 192 Å². The molecule has 1 aliphatic heterocycles. The number of aryl methyl sites for hydroxylation is 1. The molecule has 4 rings (SSSR count). The molecule has 1 fully saturated rings. The van der Waals surface area contributed by atoms with Gasteiger partial charge in [-0.25, -0.2) is 0 Å². The summed E-state index contributed by atoms with van der Waals surface area (Å²) < 4.78 is 5.49. The molecular weight excluding hydrogens is 428 g/mol. The van der Waals surface area contributed by atoms with Crippen LogP contribution in [0.3, 0.4) is 0 Å². The van der Waals surface area contributed by atoms with Gasteiger partial charge in [0.05, 0.1) is 25.8 Å². The fourth-order valence-electron chi connectivity index (χ4n) is 3.79. The van der Waals surface area contributed by atoms with Crippen molar-refractivity contribution in [1.29, 1.82) is 0 Å². The van der Waals surface area contributed by atoms with E-state index in [2.05, 4.69) is 25.6 Å². The van der Waals surface area contributed by atoms with E-state index < -0.39 is 0 Å². The number of morpholine rings is 1. The average molecular weight is 455 g/mol. The highest BCUT2D eigenvalue weighted by molar-refractivity contribution is 6.31. The molecule has 1 N–H and O–H groups in total. The topological polar surface area (TPSA) is 85.2 Å². The summed E-state index contributed by atoms with van der Waals surface area (Å²) in [5.41, 5.74) is 1.95. The van der Waals surface area contributed by atoms with E-state index in [9.17, 15) is 4.79 Å². The molecule has 9 heteroatoms. The molecule has 0 radical (unpaired) electrons. The zero-order valence-corrected chi connectivity index (χ0v) is 18.6. The van der Waals surface area contributed by atoms with Crippen LogP contribution in [0.15, 0.2) is 54.6 Å². The molecule has 1 aliphatic rings. The minimum Gasteiger partial charge on any atom is -0.379 e. The predicted molar refractivity (Wildman–Crippen MR) is 122 cm³/mol. The van der Waals surface area contributed by atoms with Crippen LogP contribution in [0.2, 0.25) is 5.02 Å². The number of benzene rings is 2. The smallest absolute Gasteiger partial charge is 0.220 e. The van der Waals surface area contributed by atoms with Crippen molar-refractivity contribution in [3.8, 4) is 11.4 Å². The number of aromatic nitrogens is 4. The highest BCUT2D eigenvalue weighted by Gasteiger charge is 2.24. The standard InChI is InChI=1S/C23H27ClN6O2/c24-20-10-5-4-9-19(20)21(29-13-15-32-16-14-29)17-25-22(31)11-6-12-30-27-23(26-28-30)18-7-2-1-3-8-18/h1-5,7-10,21H,6,11-17H2,(H,25,31). The van der Waals surface area contributed by atoms with Crippen molar-refractivity contribution in [3.63, 3.8) is 0 Å². The van der Waals surface area contributed by atoms with E-state index in [1.54, 1.807) is 0 Å². The zero-order chi connectivity index (χ0) is 22.2. The molecule has 1 aromatic heterocycles. The van der Waals surface area contributed by atoms with Crippen LogP contribution in [0.1, 0.15) is 24.4 Å².